The van der Waals surface area contributed by atoms with Gasteiger partial charge in [0, 0.05) is 16.5 Å². The maximum atomic E-state index is 13.0. The predicted octanol–water partition coefficient (Wildman–Crippen LogP) is 6.79. The van der Waals surface area contributed by atoms with E-state index in [0.717, 1.165) is 38.8 Å². The van der Waals surface area contributed by atoms with E-state index in [1.54, 1.807) is 11.3 Å². The summed E-state index contributed by atoms with van der Waals surface area (Å²) in [5.41, 5.74) is 2.89. The van der Waals surface area contributed by atoms with E-state index >= 15 is 0 Å². The highest BCUT2D eigenvalue weighted by molar-refractivity contribution is 7.80. The van der Waals surface area contributed by atoms with Gasteiger partial charge in [0.1, 0.15) is 10.6 Å². The van der Waals surface area contributed by atoms with Crippen LogP contribution in [-0.4, -0.2) is 23.7 Å². The van der Waals surface area contributed by atoms with Crippen molar-refractivity contribution in [1.29, 1.82) is 0 Å². The van der Waals surface area contributed by atoms with Crippen LogP contribution in [0.2, 0.25) is 0 Å². The Balaban J connectivity index is 1.37. The summed E-state index contributed by atoms with van der Waals surface area (Å²) in [5, 5.41) is 8.37. The van der Waals surface area contributed by atoms with E-state index in [9.17, 15) is 4.79 Å². The second-order valence-corrected chi connectivity index (χ2v) is 12.1. The van der Waals surface area contributed by atoms with Crippen molar-refractivity contribution in [3.63, 3.8) is 0 Å². The minimum atomic E-state index is -0.305. The van der Waals surface area contributed by atoms with Crippen LogP contribution in [0, 0.1) is 30.1 Å². The van der Waals surface area contributed by atoms with Gasteiger partial charge < -0.3 is 15.4 Å². The number of hydrogen-bond donors (Lipinski definition) is 2. The molecule has 0 aliphatic heterocycles. The van der Waals surface area contributed by atoms with Crippen molar-refractivity contribution >= 4 is 39.6 Å². The van der Waals surface area contributed by atoms with Crippen molar-refractivity contribution < 1.29 is 9.53 Å². The number of thiocarbonyl (C=S) groups is 1. The molecule has 2 N–H and O–H groups in total. The van der Waals surface area contributed by atoms with Gasteiger partial charge >= 0.3 is 5.97 Å². The first kappa shape index (κ1) is 22.9. The Kier molecular flexibility index (Phi) is 6.25. The summed E-state index contributed by atoms with van der Waals surface area (Å²) in [6, 6.07) is 10.4. The topological polar surface area (TPSA) is 50.4 Å². The zero-order chi connectivity index (χ0) is 23.2. The number of hydrogen-bond acceptors (Lipinski definition) is 4. The van der Waals surface area contributed by atoms with E-state index in [4.69, 9.17) is 17.0 Å². The van der Waals surface area contributed by atoms with Gasteiger partial charge in [0.15, 0.2) is 5.11 Å². The molecule has 4 aliphatic carbocycles. The summed E-state index contributed by atoms with van der Waals surface area (Å²) in [7, 11) is 0. The molecule has 4 fully saturated rings. The van der Waals surface area contributed by atoms with Gasteiger partial charge in [-0.25, -0.2) is 4.79 Å². The van der Waals surface area contributed by atoms with Crippen molar-refractivity contribution in [3.05, 3.63) is 40.8 Å². The van der Waals surface area contributed by atoms with Crippen LogP contribution in [0.1, 0.15) is 67.6 Å². The standard InChI is InChI=1S/C27H34N2O2S2/c1-4-31-25(30)23-22(21-8-6-5-7-9-21)16(2)33-24(23)29-26(32)28-17(3)27-13-18-10-19(14-27)12-20(11-18)15-27/h5-9,17-20H,4,10-15H2,1-3H3,(H2,28,29,32). The molecule has 0 saturated heterocycles. The van der Waals surface area contributed by atoms with Crippen LogP contribution in [0.15, 0.2) is 30.3 Å². The van der Waals surface area contributed by atoms with Crippen molar-refractivity contribution in [1.82, 2.24) is 5.32 Å². The first-order valence-electron chi connectivity index (χ1n) is 12.3. The normalized spacial score (nSPS) is 28.4. The van der Waals surface area contributed by atoms with Crippen LogP contribution >= 0.6 is 23.6 Å². The summed E-state index contributed by atoms with van der Waals surface area (Å²) < 4.78 is 5.44. The Morgan fingerprint density at radius 2 is 1.76 bits per heavy atom. The average molecular weight is 483 g/mol. The van der Waals surface area contributed by atoms with Gasteiger partial charge in [-0.2, -0.15) is 0 Å². The zero-order valence-corrected chi connectivity index (χ0v) is 21.4. The molecule has 6 rings (SSSR count). The molecule has 6 heteroatoms. The van der Waals surface area contributed by atoms with Gasteiger partial charge in [0.25, 0.3) is 0 Å². The monoisotopic (exact) mass is 482 g/mol. The number of aryl methyl sites for hydroxylation is 1. The SMILES string of the molecule is CCOC(=O)c1c(NC(=S)NC(C)C23CC4CC(CC(C4)C2)C3)sc(C)c1-c1ccccc1. The Hall–Kier alpha value is -1.92. The van der Waals surface area contributed by atoms with Crippen molar-refractivity contribution in [2.75, 3.05) is 11.9 Å². The van der Waals surface area contributed by atoms with Gasteiger partial charge in [-0.15, -0.1) is 11.3 Å². The third-order valence-electron chi connectivity index (χ3n) is 8.21. The molecule has 0 amide bonds. The maximum absolute atomic E-state index is 13.0. The third-order valence-corrected chi connectivity index (χ3v) is 9.45. The average Bonchev–Trinajstić information content (AvgIpc) is 3.09. The van der Waals surface area contributed by atoms with E-state index in [1.807, 2.05) is 37.3 Å². The number of carbonyl (C=O) groups excluding carboxylic acids is 1. The number of anilines is 1. The molecule has 33 heavy (non-hydrogen) atoms. The molecule has 1 heterocycles. The lowest BCUT2D eigenvalue weighted by molar-refractivity contribution is -0.0671. The van der Waals surface area contributed by atoms with E-state index in [1.165, 1.54) is 38.5 Å². The van der Waals surface area contributed by atoms with Crippen LogP contribution in [0.4, 0.5) is 5.00 Å². The molecule has 0 radical (unpaired) electrons. The van der Waals surface area contributed by atoms with E-state index < -0.39 is 0 Å². The van der Waals surface area contributed by atoms with Crippen LogP contribution in [0.3, 0.4) is 0 Å². The van der Waals surface area contributed by atoms with Gasteiger partial charge in [-0.1, -0.05) is 30.3 Å². The number of benzene rings is 1. The quantitative estimate of drug-likeness (QED) is 0.351. The first-order valence-corrected chi connectivity index (χ1v) is 13.5. The highest BCUT2D eigenvalue weighted by Crippen LogP contribution is 2.61. The number of esters is 1. The van der Waals surface area contributed by atoms with Gasteiger partial charge in [-0.05, 0) is 100 Å². The number of nitrogens with one attached hydrogen (secondary N) is 2. The highest BCUT2D eigenvalue weighted by Gasteiger charge is 2.53. The molecule has 1 aromatic heterocycles. The molecular formula is C27H34N2O2S2. The Bertz CT molecular complexity index is 1010. The molecule has 2 aromatic rings. The summed E-state index contributed by atoms with van der Waals surface area (Å²) >= 11 is 7.35. The van der Waals surface area contributed by atoms with E-state index in [0.29, 0.717) is 28.7 Å². The van der Waals surface area contributed by atoms with Crippen molar-refractivity contribution in [3.8, 4) is 11.1 Å². The largest absolute Gasteiger partial charge is 0.462 e. The second-order valence-electron chi connectivity index (χ2n) is 10.4. The maximum Gasteiger partial charge on any atom is 0.341 e. The highest BCUT2D eigenvalue weighted by atomic mass is 32.1. The van der Waals surface area contributed by atoms with Crippen LogP contribution < -0.4 is 10.6 Å². The lowest BCUT2D eigenvalue weighted by Crippen LogP contribution is -2.56. The third kappa shape index (κ3) is 4.32. The zero-order valence-electron chi connectivity index (χ0n) is 19.8. The van der Waals surface area contributed by atoms with E-state index in [-0.39, 0.29) is 5.97 Å². The van der Waals surface area contributed by atoms with Crippen molar-refractivity contribution in [2.24, 2.45) is 23.2 Å². The Morgan fingerprint density at radius 1 is 1.15 bits per heavy atom. The molecule has 4 aliphatic rings. The predicted molar refractivity (Wildman–Crippen MR) is 140 cm³/mol. The van der Waals surface area contributed by atoms with Gasteiger partial charge in [-0.3, -0.25) is 0 Å². The second kappa shape index (κ2) is 9.03. The number of rotatable bonds is 6. The lowest BCUT2D eigenvalue weighted by atomic mass is 9.48. The molecule has 1 aromatic carbocycles. The molecule has 176 valence electrons. The molecular weight excluding hydrogens is 448 g/mol. The van der Waals surface area contributed by atoms with Gasteiger partial charge in [0.05, 0.1) is 6.61 Å². The smallest absolute Gasteiger partial charge is 0.341 e. The summed E-state index contributed by atoms with van der Waals surface area (Å²) in [6.07, 6.45) is 8.32. The van der Waals surface area contributed by atoms with Crippen LogP contribution in [-0.2, 0) is 4.74 Å². The Labute approximate surface area is 206 Å². The number of thiophene rings is 1. The van der Waals surface area contributed by atoms with Crippen LogP contribution in [0.5, 0.6) is 0 Å². The summed E-state index contributed by atoms with van der Waals surface area (Å²) in [6.45, 7) is 6.54. The molecule has 4 saturated carbocycles. The minimum Gasteiger partial charge on any atom is -0.462 e. The number of carbonyl (C=O) groups is 1. The fraction of sp³-hybridized carbons (Fsp3) is 0.556. The van der Waals surface area contributed by atoms with Crippen LogP contribution in [0.25, 0.3) is 11.1 Å². The summed E-state index contributed by atoms with van der Waals surface area (Å²) in [5.74, 6) is 2.42. The van der Waals surface area contributed by atoms with Crippen molar-refractivity contribution in [2.45, 2.75) is 65.3 Å². The minimum absolute atomic E-state index is 0.305. The fourth-order valence-corrected chi connectivity index (χ4v) is 8.59. The molecule has 1 atom stereocenters. The summed E-state index contributed by atoms with van der Waals surface area (Å²) in [4.78, 5) is 14.1. The van der Waals surface area contributed by atoms with Gasteiger partial charge in [0.2, 0.25) is 0 Å². The lowest BCUT2D eigenvalue weighted by Gasteiger charge is -2.59. The number of ether oxygens (including phenoxy) is 1. The first-order chi connectivity index (χ1) is 15.9. The molecule has 0 spiro atoms. The molecule has 4 bridgehead atoms. The molecule has 4 nitrogen and oxygen atoms in total. The Morgan fingerprint density at radius 3 is 2.33 bits per heavy atom. The molecule has 1 unspecified atom stereocenters. The van der Waals surface area contributed by atoms with E-state index in [2.05, 4.69) is 24.5 Å². The fourth-order valence-electron chi connectivity index (χ4n) is 7.18.